The van der Waals surface area contributed by atoms with E-state index in [1.165, 1.54) is 4.88 Å². The van der Waals surface area contributed by atoms with Crippen LogP contribution in [-0.2, 0) is 27.3 Å². The molecule has 29 heavy (non-hydrogen) atoms. The number of rotatable bonds is 10. The van der Waals surface area contributed by atoms with Gasteiger partial charge in [0.15, 0.2) is 6.54 Å². The van der Waals surface area contributed by atoms with Crippen LogP contribution >= 0.6 is 11.3 Å². The Kier molecular flexibility index (Phi) is 8.22. The highest BCUT2D eigenvalue weighted by atomic mass is 32.1. The molecule has 0 radical (unpaired) electrons. The quantitative estimate of drug-likeness (QED) is 0.551. The summed E-state index contributed by atoms with van der Waals surface area (Å²) in [5.74, 6) is -0.327. The van der Waals surface area contributed by atoms with Gasteiger partial charge in [0.25, 0.3) is 5.91 Å². The predicted octanol–water partition coefficient (Wildman–Crippen LogP) is 1.63. The van der Waals surface area contributed by atoms with E-state index in [1.807, 2.05) is 37.3 Å². The number of ether oxygens (including phenoxy) is 1. The Bertz CT molecular complexity index is 788. The minimum Gasteiger partial charge on any atom is -0.372 e. The van der Waals surface area contributed by atoms with Crippen molar-refractivity contribution >= 4 is 28.8 Å². The molecular formula is C22H30N3O3S+. The van der Waals surface area contributed by atoms with Gasteiger partial charge in [0.1, 0.15) is 19.2 Å². The number of hydrogen-bond donors (Lipinski definition) is 3. The smallest absolute Gasteiger partial charge is 0.275 e. The molecule has 0 saturated carbocycles. The monoisotopic (exact) mass is 416 g/mol. The number of thiophene rings is 1. The van der Waals surface area contributed by atoms with Gasteiger partial charge in [-0.2, -0.15) is 0 Å². The van der Waals surface area contributed by atoms with Gasteiger partial charge in [-0.1, -0.05) is 31.2 Å². The molecule has 6 nitrogen and oxygen atoms in total. The number of aryl methyl sites for hydroxylation is 1. The van der Waals surface area contributed by atoms with Crippen molar-refractivity contribution in [3.63, 3.8) is 0 Å². The average Bonchev–Trinajstić information content (AvgIpc) is 3.41. The summed E-state index contributed by atoms with van der Waals surface area (Å²) in [6.45, 7) is 4.76. The van der Waals surface area contributed by atoms with Crippen LogP contribution in [-0.4, -0.2) is 44.2 Å². The molecule has 0 aliphatic carbocycles. The molecule has 3 N–H and O–H groups in total. The zero-order chi connectivity index (χ0) is 20.5. The van der Waals surface area contributed by atoms with Gasteiger partial charge in [-0.25, -0.2) is 0 Å². The minimum absolute atomic E-state index is 0.0247. The predicted molar refractivity (Wildman–Crippen MR) is 115 cm³/mol. The van der Waals surface area contributed by atoms with Crippen molar-refractivity contribution < 1.29 is 19.2 Å². The highest BCUT2D eigenvalue weighted by Gasteiger charge is 2.24. The first kappa shape index (κ1) is 21.5. The van der Waals surface area contributed by atoms with Crippen LogP contribution in [0.15, 0.2) is 41.8 Å². The first-order valence-corrected chi connectivity index (χ1v) is 11.1. The number of anilines is 1. The largest absolute Gasteiger partial charge is 0.372 e. The number of carbonyl (C=O) groups is 2. The fraction of sp³-hybridized carbons (Fsp3) is 0.455. The molecule has 0 spiro atoms. The molecule has 2 heterocycles. The highest BCUT2D eigenvalue weighted by molar-refractivity contribution is 7.09. The minimum atomic E-state index is -0.210. The third kappa shape index (κ3) is 6.96. The van der Waals surface area contributed by atoms with Crippen molar-refractivity contribution in [3.8, 4) is 0 Å². The van der Waals surface area contributed by atoms with Gasteiger partial charge >= 0.3 is 0 Å². The second kappa shape index (κ2) is 11.1. The molecular weight excluding hydrogens is 386 g/mol. The van der Waals surface area contributed by atoms with E-state index in [1.54, 1.807) is 11.3 Å². The Hall–Kier alpha value is -2.22. The molecule has 1 fully saturated rings. The van der Waals surface area contributed by atoms with Gasteiger partial charge in [0.05, 0.1) is 11.4 Å². The molecule has 2 amide bonds. The Labute approximate surface area is 176 Å². The summed E-state index contributed by atoms with van der Waals surface area (Å²) in [6, 6.07) is 11.8. The van der Waals surface area contributed by atoms with Crippen LogP contribution in [0.1, 0.15) is 30.2 Å². The third-order valence-corrected chi connectivity index (χ3v) is 5.95. The van der Waals surface area contributed by atoms with Crippen LogP contribution in [0.2, 0.25) is 0 Å². The van der Waals surface area contributed by atoms with E-state index in [9.17, 15) is 9.59 Å². The number of benzene rings is 1. The normalized spacial score (nSPS) is 17.1. The summed E-state index contributed by atoms with van der Waals surface area (Å²) in [4.78, 5) is 27.2. The summed E-state index contributed by atoms with van der Waals surface area (Å²) < 4.78 is 5.76. The molecule has 1 aromatic heterocycles. The first-order valence-electron chi connectivity index (χ1n) is 10.3. The van der Waals surface area contributed by atoms with Gasteiger partial charge in [-0.05, 0) is 42.3 Å². The van der Waals surface area contributed by atoms with E-state index in [0.29, 0.717) is 6.54 Å². The zero-order valence-electron chi connectivity index (χ0n) is 16.9. The lowest BCUT2D eigenvalue weighted by atomic mass is 10.1. The number of hydrogen-bond acceptors (Lipinski definition) is 4. The van der Waals surface area contributed by atoms with Crippen LogP contribution in [0.5, 0.6) is 0 Å². The Morgan fingerprint density at radius 1 is 1.21 bits per heavy atom. The third-order valence-electron chi connectivity index (χ3n) is 5.07. The first-order chi connectivity index (χ1) is 14.1. The van der Waals surface area contributed by atoms with Crippen molar-refractivity contribution in [1.82, 2.24) is 5.32 Å². The van der Waals surface area contributed by atoms with Gasteiger partial charge < -0.3 is 20.3 Å². The molecule has 0 bridgehead atoms. The van der Waals surface area contributed by atoms with E-state index in [0.717, 1.165) is 55.1 Å². The van der Waals surface area contributed by atoms with Crippen LogP contribution in [0.25, 0.3) is 0 Å². The molecule has 7 heteroatoms. The maximum Gasteiger partial charge on any atom is 0.275 e. The number of carbonyl (C=O) groups excluding carboxylic acids is 2. The molecule has 156 valence electrons. The summed E-state index contributed by atoms with van der Waals surface area (Å²) in [5.41, 5.74) is 1.88. The molecule has 1 aromatic carbocycles. The number of nitrogens with one attached hydrogen (secondary N) is 3. The fourth-order valence-electron chi connectivity index (χ4n) is 3.61. The number of quaternary nitrogens is 1. The lowest BCUT2D eigenvalue weighted by Crippen LogP contribution is -3.13. The maximum atomic E-state index is 12.5. The SMILES string of the molecule is CCc1ccccc1NC(=O)CNC(=O)C[NH+](Cc1cccs1)C[C@H]1CCCO1. The molecule has 1 unspecified atom stereocenters. The highest BCUT2D eigenvalue weighted by Crippen LogP contribution is 2.15. The van der Waals surface area contributed by atoms with Crippen molar-refractivity contribution in [3.05, 3.63) is 52.2 Å². The maximum absolute atomic E-state index is 12.5. The Balaban J connectivity index is 1.48. The van der Waals surface area contributed by atoms with Crippen molar-refractivity contribution in [2.24, 2.45) is 0 Å². The van der Waals surface area contributed by atoms with Gasteiger partial charge in [0.2, 0.25) is 5.91 Å². The molecule has 2 atom stereocenters. The summed E-state index contributed by atoms with van der Waals surface area (Å²) in [5, 5.41) is 7.71. The molecule has 1 saturated heterocycles. The number of para-hydroxylation sites is 1. The van der Waals surface area contributed by atoms with Gasteiger partial charge in [-0.15, -0.1) is 11.3 Å². The van der Waals surface area contributed by atoms with Crippen LogP contribution < -0.4 is 15.5 Å². The van der Waals surface area contributed by atoms with Crippen molar-refractivity contribution in [2.75, 3.05) is 31.6 Å². The molecule has 1 aliphatic rings. The van der Waals surface area contributed by atoms with Gasteiger partial charge in [-0.3, -0.25) is 9.59 Å². The van der Waals surface area contributed by atoms with Gasteiger partial charge in [0, 0.05) is 12.3 Å². The Morgan fingerprint density at radius 3 is 2.79 bits per heavy atom. The molecule has 3 rings (SSSR count). The van der Waals surface area contributed by atoms with E-state index < -0.39 is 0 Å². The van der Waals surface area contributed by atoms with E-state index >= 15 is 0 Å². The standard InChI is InChI=1S/C22H29N3O3S/c1-2-17-7-3-4-10-20(17)24-21(26)13-23-22(27)16-25(14-18-8-5-11-28-18)15-19-9-6-12-29-19/h3-4,6-7,9-10,12,18H,2,5,8,11,13-16H2,1H3,(H,23,27)(H,24,26)/p+1/t18-/m1/s1. The zero-order valence-corrected chi connectivity index (χ0v) is 17.7. The van der Waals surface area contributed by atoms with Crippen LogP contribution in [0.3, 0.4) is 0 Å². The van der Waals surface area contributed by atoms with Crippen LogP contribution in [0, 0.1) is 0 Å². The number of amides is 2. The Morgan fingerprint density at radius 2 is 2.07 bits per heavy atom. The second-order valence-electron chi connectivity index (χ2n) is 7.36. The molecule has 1 aliphatic heterocycles. The lowest BCUT2D eigenvalue weighted by Gasteiger charge is -2.21. The topological polar surface area (TPSA) is 71.9 Å². The van der Waals surface area contributed by atoms with Crippen molar-refractivity contribution in [2.45, 2.75) is 38.8 Å². The summed E-state index contributed by atoms with van der Waals surface area (Å²) in [7, 11) is 0. The summed E-state index contributed by atoms with van der Waals surface area (Å²) in [6.07, 6.45) is 3.19. The van der Waals surface area contributed by atoms with E-state index in [4.69, 9.17) is 4.74 Å². The summed E-state index contributed by atoms with van der Waals surface area (Å²) >= 11 is 1.70. The van der Waals surface area contributed by atoms with E-state index in [-0.39, 0.29) is 24.5 Å². The molecule has 2 aromatic rings. The van der Waals surface area contributed by atoms with Crippen molar-refractivity contribution in [1.29, 1.82) is 0 Å². The van der Waals surface area contributed by atoms with Crippen LogP contribution in [0.4, 0.5) is 5.69 Å². The lowest BCUT2D eigenvalue weighted by molar-refractivity contribution is -0.908. The van der Waals surface area contributed by atoms with E-state index in [2.05, 4.69) is 22.1 Å². The second-order valence-corrected chi connectivity index (χ2v) is 8.39. The fourth-order valence-corrected chi connectivity index (χ4v) is 4.38. The average molecular weight is 417 g/mol.